The number of primary amides is 1. The van der Waals surface area contributed by atoms with E-state index < -0.39 is 0 Å². The molecule has 1 heterocycles. The van der Waals surface area contributed by atoms with Crippen molar-refractivity contribution in [3.05, 3.63) is 65.5 Å². The number of rotatable bonds is 8. The SMILES string of the molecule is Cc1ccc(-n2nc(C)c(NC(=O)CNc3ccccc3SCC(N)=O)c2C)cc1. The van der Waals surface area contributed by atoms with Crippen molar-refractivity contribution >= 4 is 35.0 Å². The Labute approximate surface area is 180 Å². The molecule has 0 unspecified atom stereocenters. The predicted molar refractivity (Wildman–Crippen MR) is 121 cm³/mol. The molecule has 0 atom stereocenters. The summed E-state index contributed by atoms with van der Waals surface area (Å²) in [4.78, 5) is 24.5. The van der Waals surface area contributed by atoms with Crippen molar-refractivity contribution in [1.82, 2.24) is 9.78 Å². The maximum absolute atomic E-state index is 12.6. The highest BCUT2D eigenvalue weighted by atomic mass is 32.2. The number of hydrogen-bond acceptors (Lipinski definition) is 5. The van der Waals surface area contributed by atoms with Gasteiger partial charge in [-0.2, -0.15) is 5.10 Å². The minimum Gasteiger partial charge on any atom is -0.375 e. The fourth-order valence-corrected chi connectivity index (χ4v) is 3.78. The normalized spacial score (nSPS) is 10.6. The van der Waals surface area contributed by atoms with Gasteiger partial charge in [-0.05, 0) is 45.0 Å². The summed E-state index contributed by atoms with van der Waals surface area (Å²) < 4.78 is 1.83. The maximum atomic E-state index is 12.6. The first-order valence-corrected chi connectivity index (χ1v) is 10.5. The first-order valence-electron chi connectivity index (χ1n) is 9.52. The van der Waals surface area contributed by atoms with E-state index in [1.54, 1.807) is 0 Å². The third kappa shape index (κ3) is 5.21. The van der Waals surface area contributed by atoms with Crippen molar-refractivity contribution in [3.63, 3.8) is 0 Å². The van der Waals surface area contributed by atoms with E-state index in [2.05, 4.69) is 15.7 Å². The van der Waals surface area contributed by atoms with Gasteiger partial charge < -0.3 is 16.4 Å². The van der Waals surface area contributed by atoms with Gasteiger partial charge in [0, 0.05) is 10.6 Å². The topological polar surface area (TPSA) is 102 Å². The van der Waals surface area contributed by atoms with Crippen LogP contribution in [0.15, 0.2) is 53.4 Å². The van der Waals surface area contributed by atoms with Crippen molar-refractivity contribution in [2.45, 2.75) is 25.7 Å². The third-order valence-electron chi connectivity index (χ3n) is 4.53. The first kappa shape index (κ1) is 21.4. The van der Waals surface area contributed by atoms with Crippen molar-refractivity contribution in [1.29, 1.82) is 0 Å². The second-order valence-electron chi connectivity index (χ2n) is 6.95. The molecule has 7 nitrogen and oxygen atoms in total. The molecule has 0 saturated carbocycles. The summed E-state index contributed by atoms with van der Waals surface area (Å²) in [5.74, 6) is -0.384. The molecule has 0 aliphatic carbocycles. The molecule has 1 aromatic heterocycles. The number of carbonyl (C=O) groups excluding carboxylic acids is 2. The van der Waals surface area contributed by atoms with E-state index in [1.165, 1.54) is 17.3 Å². The smallest absolute Gasteiger partial charge is 0.243 e. The largest absolute Gasteiger partial charge is 0.375 e. The van der Waals surface area contributed by atoms with E-state index in [-0.39, 0.29) is 24.1 Å². The molecule has 4 N–H and O–H groups in total. The zero-order chi connectivity index (χ0) is 21.7. The molecule has 2 amide bonds. The van der Waals surface area contributed by atoms with E-state index in [0.29, 0.717) is 5.69 Å². The highest BCUT2D eigenvalue weighted by Gasteiger charge is 2.15. The van der Waals surface area contributed by atoms with Crippen molar-refractivity contribution in [3.8, 4) is 5.69 Å². The van der Waals surface area contributed by atoms with Crippen molar-refractivity contribution < 1.29 is 9.59 Å². The summed E-state index contributed by atoms with van der Waals surface area (Å²) in [6, 6.07) is 15.6. The van der Waals surface area contributed by atoms with Gasteiger partial charge in [0.15, 0.2) is 0 Å². The predicted octanol–water partition coefficient (Wildman–Crippen LogP) is 3.43. The number of nitrogens with zero attached hydrogens (tertiary/aromatic N) is 2. The van der Waals surface area contributed by atoms with E-state index in [4.69, 9.17) is 5.73 Å². The van der Waals surface area contributed by atoms with Gasteiger partial charge in [0.2, 0.25) is 11.8 Å². The Bertz CT molecular complexity index is 1060. The highest BCUT2D eigenvalue weighted by Crippen LogP contribution is 2.27. The van der Waals surface area contributed by atoms with Crippen molar-refractivity contribution in [2.75, 3.05) is 22.9 Å². The molecule has 0 aliphatic rings. The molecular weight excluding hydrogens is 398 g/mol. The molecule has 0 bridgehead atoms. The summed E-state index contributed by atoms with van der Waals surface area (Å²) in [5, 5.41) is 10.7. The summed E-state index contributed by atoms with van der Waals surface area (Å²) in [6.45, 7) is 5.92. The van der Waals surface area contributed by atoms with Gasteiger partial charge in [-0.1, -0.05) is 29.8 Å². The third-order valence-corrected chi connectivity index (χ3v) is 5.63. The van der Waals surface area contributed by atoms with E-state index in [1.807, 2.05) is 74.0 Å². The quantitative estimate of drug-likeness (QED) is 0.482. The second-order valence-corrected chi connectivity index (χ2v) is 7.96. The van der Waals surface area contributed by atoms with Crippen LogP contribution in [0.5, 0.6) is 0 Å². The molecule has 0 saturated heterocycles. The number of anilines is 2. The molecule has 8 heteroatoms. The van der Waals surface area contributed by atoms with Gasteiger partial charge in [-0.25, -0.2) is 4.68 Å². The lowest BCUT2D eigenvalue weighted by molar-refractivity contribution is -0.116. The average Bonchev–Trinajstić information content (AvgIpc) is 3.00. The van der Waals surface area contributed by atoms with Crippen molar-refractivity contribution in [2.24, 2.45) is 5.73 Å². The van der Waals surface area contributed by atoms with Gasteiger partial charge in [-0.3, -0.25) is 9.59 Å². The van der Waals surface area contributed by atoms with Gasteiger partial charge >= 0.3 is 0 Å². The Morgan fingerprint density at radius 2 is 1.77 bits per heavy atom. The van der Waals surface area contributed by atoms with Crippen LogP contribution in [-0.2, 0) is 9.59 Å². The lowest BCUT2D eigenvalue weighted by Gasteiger charge is -2.12. The fourth-order valence-electron chi connectivity index (χ4n) is 3.01. The van der Waals surface area contributed by atoms with Crippen LogP contribution in [0.2, 0.25) is 0 Å². The Kier molecular flexibility index (Phi) is 6.79. The summed E-state index contributed by atoms with van der Waals surface area (Å²) in [6.07, 6.45) is 0. The lowest BCUT2D eigenvalue weighted by atomic mass is 10.2. The molecule has 3 rings (SSSR count). The molecule has 0 fully saturated rings. The number of benzene rings is 2. The van der Waals surface area contributed by atoms with Gasteiger partial charge in [-0.15, -0.1) is 11.8 Å². The molecular formula is C22H25N5O2S. The zero-order valence-corrected chi connectivity index (χ0v) is 18.0. The summed E-state index contributed by atoms with van der Waals surface area (Å²) in [7, 11) is 0. The summed E-state index contributed by atoms with van der Waals surface area (Å²) in [5.41, 5.74) is 10.4. The minimum atomic E-state index is -0.385. The molecule has 3 aromatic rings. The standard InChI is InChI=1S/C22H25N5O2S/c1-14-8-10-17(11-9-14)27-16(3)22(15(2)26-27)25-21(29)12-24-18-6-4-5-7-19(18)30-13-20(23)28/h4-11,24H,12-13H2,1-3H3,(H2,23,28)(H,25,29). The van der Waals surface area contributed by atoms with Crippen LogP contribution in [-0.4, -0.2) is 33.9 Å². The Balaban J connectivity index is 1.68. The molecule has 156 valence electrons. The molecule has 30 heavy (non-hydrogen) atoms. The van der Waals surface area contributed by atoms with Crippen LogP contribution in [0.3, 0.4) is 0 Å². The van der Waals surface area contributed by atoms with Gasteiger partial charge in [0.25, 0.3) is 0 Å². The van der Waals surface area contributed by atoms with Crippen LogP contribution in [0.25, 0.3) is 5.69 Å². The number of nitrogens with two attached hydrogens (primary N) is 1. The lowest BCUT2D eigenvalue weighted by Crippen LogP contribution is -2.22. The molecule has 2 aromatic carbocycles. The van der Waals surface area contributed by atoms with Crippen LogP contribution in [0.1, 0.15) is 17.0 Å². The first-order chi connectivity index (χ1) is 14.3. The van der Waals surface area contributed by atoms with Crippen LogP contribution >= 0.6 is 11.8 Å². The number of aromatic nitrogens is 2. The van der Waals surface area contributed by atoms with Crippen LogP contribution in [0.4, 0.5) is 11.4 Å². The van der Waals surface area contributed by atoms with Crippen LogP contribution < -0.4 is 16.4 Å². The van der Waals surface area contributed by atoms with Gasteiger partial charge in [0.05, 0.1) is 35.1 Å². The fraction of sp³-hybridized carbons (Fsp3) is 0.227. The number of nitrogens with one attached hydrogen (secondary N) is 2. The maximum Gasteiger partial charge on any atom is 0.243 e. The molecule has 0 radical (unpaired) electrons. The monoisotopic (exact) mass is 423 g/mol. The van der Waals surface area contributed by atoms with E-state index in [9.17, 15) is 9.59 Å². The summed E-state index contributed by atoms with van der Waals surface area (Å²) >= 11 is 1.34. The number of carbonyl (C=O) groups is 2. The average molecular weight is 424 g/mol. The number of para-hydroxylation sites is 1. The van der Waals surface area contributed by atoms with E-state index in [0.717, 1.165) is 27.7 Å². The second kappa shape index (κ2) is 9.49. The Hall–Kier alpha value is -3.26. The minimum absolute atomic E-state index is 0.0860. The van der Waals surface area contributed by atoms with Crippen LogP contribution in [0, 0.1) is 20.8 Å². The number of amides is 2. The molecule has 0 spiro atoms. The van der Waals surface area contributed by atoms with Gasteiger partial charge in [0.1, 0.15) is 0 Å². The number of aryl methyl sites for hydroxylation is 2. The van der Waals surface area contributed by atoms with E-state index >= 15 is 0 Å². The number of hydrogen-bond donors (Lipinski definition) is 3. The zero-order valence-electron chi connectivity index (χ0n) is 17.2. The Morgan fingerprint density at radius 3 is 2.47 bits per heavy atom. The molecule has 0 aliphatic heterocycles. The number of thioether (sulfide) groups is 1. The Morgan fingerprint density at radius 1 is 1.07 bits per heavy atom. The highest BCUT2D eigenvalue weighted by molar-refractivity contribution is 8.00.